The highest BCUT2D eigenvalue weighted by atomic mass is 35.5. The fourth-order valence-corrected chi connectivity index (χ4v) is 5.53. The van der Waals surface area contributed by atoms with Crippen LogP contribution in [0.25, 0.3) is 0 Å². The maximum Gasteiger partial charge on any atom is 0.0941 e. The van der Waals surface area contributed by atoms with Gasteiger partial charge in [0, 0.05) is 31.9 Å². The summed E-state index contributed by atoms with van der Waals surface area (Å²) in [6.07, 6.45) is 17.7. The molecule has 7 nitrogen and oxygen atoms in total. The molecule has 3 aliphatic heterocycles. The zero-order chi connectivity index (χ0) is 21.6. The first-order chi connectivity index (χ1) is 15.1. The van der Waals surface area contributed by atoms with E-state index in [1.54, 1.807) is 0 Å². The molecule has 2 fully saturated rings. The van der Waals surface area contributed by atoms with E-state index in [0.29, 0.717) is 18.1 Å². The molecule has 8 heteroatoms. The summed E-state index contributed by atoms with van der Waals surface area (Å²) in [5.41, 5.74) is 4.93. The van der Waals surface area contributed by atoms with E-state index >= 15 is 0 Å². The molecule has 0 bridgehead atoms. The molecule has 3 heterocycles. The van der Waals surface area contributed by atoms with Gasteiger partial charge in [0.2, 0.25) is 0 Å². The van der Waals surface area contributed by atoms with Gasteiger partial charge in [0.05, 0.1) is 11.5 Å². The zero-order valence-electron chi connectivity index (χ0n) is 20.4. The zero-order valence-corrected chi connectivity index (χ0v) is 21.2. The SMILES string of the molecule is CC(C)[C@H](CN1CCC(C2=CCC(Cl)C=C2)CC1)NCC1CCC(N2C=CCN2)NC1.O.O. The molecule has 0 radical (unpaired) electrons. The van der Waals surface area contributed by atoms with E-state index in [1.165, 1.54) is 50.9 Å². The summed E-state index contributed by atoms with van der Waals surface area (Å²) in [5, 5.41) is 10.1. The Morgan fingerprint density at radius 3 is 2.52 bits per heavy atom. The van der Waals surface area contributed by atoms with Crippen molar-refractivity contribution in [3.8, 4) is 0 Å². The van der Waals surface area contributed by atoms with Gasteiger partial charge in [0.1, 0.15) is 0 Å². The number of hydrazine groups is 1. The number of alkyl halides is 1. The summed E-state index contributed by atoms with van der Waals surface area (Å²) in [6.45, 7) is 11.5. The smallest absolute Gasteiger partial charge is 0.0941 e. The molecular formula is C25H46ClN5O2. The number of nitrogens with one attached hydrogen (secondary N) is 3. The Hall–Kier alpha value is -0.930. The molecule has 4 atom stereocenters. The second kappa shape index (κ2) is 13.8. The summed E-state index contributed by atoms with van der Waals surface area (Å²) < 4.78 is 0. The van der Waals surface area contributed by atoms with Crippen LogP contribution < -0.4 is 16.1 Å². The van der Waals surface area contributed by atoms with Gasteiger partial charge in [-0.2, -0.15) is 0 Å². The number of hydrogen-bond acceptors (Lipinski definition) is 5. The van der Waals surface area contributed by atoms with Crippen LogP contribution in [-0.2, 0) is 0 Å². The lowest BCUT2D eigenvalue weighted by molar-refractivity contribution is 0.128. The molecule has 0 aromatic heterocycles. The van der Waals surface area contributed by atoms with Gasteiger partial charge < -0.3 is 21.2 Å². The lowest BCUT2D eigenvalue weighted by atomic mass is 9.86. The Labute approximate surface area is 205 Å². The predicted molar refractivity (Wildman–Crippen MR) is 138 cm³/mol. The molecule has 4 rings (SSSR count). The highest BCUT2D eigenvalue weighted by Crippen LogP contribution is 2.29. The van der Waals surface area contributed by atoms with Gasteiger partial charge >= 0.3 is 0 Å². The first-order valence-electron chi connectivity index (χ1n) is 12.5. The van der Waals surface area contributed by atoms with Crippen molar-refractivity contribution in [3.05, 3.63) is 36.1 Å². The van der Waals surface area contributed by atoms with E-state index in [9.17, 15) is 0 Å². The molecule has 190 valence electrons. The first kappa shape index (κ1) is 28.3. The third kappa shape index (κ3) is 8.06. The van der Waals surface area contributed by atoms with Crippen molar-refractivity contribution >= 4 is 11.6 Å². The number of hydrogen-bond donors (Lipinski definition) is 3. The Kier molecular flexibility index (Phi) is 11.9. The maximum absolute atomic E-state index is 6.20. The second-order valence-electron chi connectivity index (χ2n) is 10.2. The topological polar surface area (TPSA) is 106 Å². The fraction of sp³-hybridized carbons (Fsp3) is 0.760. The Morgan fingerprint density at radius 2 is 1.94 bits per heavy atom. The number of halogens is 1. The van der Waals surface area contributed by atoms with Crippen molar-refractivity contribution in [1.29, 1.82) is 0 Å². The predicted octanol–water partition coefficient (Wildman–Crippen LogP) is 1.82. The molecule has 1 aliphatic carbocycles. The van der Waals surface area contributed by atoms with Gasteiger partial charge in [-0.05, 0) is 75.1 Å². The molecule has 0 amide bonds. The van der Waals surface area contributed by atoms with Crippen LogP contribution in [0.2, 0.25) is 0 Å². The van der Waals surface area contributed by atoms with E-state index in [1.807, 2.05) is 0 Å². The van der Waals surface area contributed by atoms with Crippen LogP contribution in [0.15, 0.2) is 36.1 Å². The van der Waals surface area contributed by atoms with Gasteiger partial charge in [0.15, 0.2) is 0 Å². The minimum Gasteiger partial charge on any atom is -0.412 e. The van der Waals surface area contributed by atoms with E-state index in [4.69, 9.17) is 11.6 Å². The van der Waals surface area contributed by atoms with E-state index in [2.05, 4.69) is 70.3 Å². The molecule has 0 aromatic carbocycles. The van der Waals surface area contributed by atoms with Crippen molar-refractivity contribution in [2.24, 2.45) is 17.8 Å². The number of likely N-dealkylation sites (tertiary alicyclic amines) is 1. The minimum absolute atomic E-state index is 0. The van der Waals surface area contributed by atoms with Crippen LogP contribution in [0.1, 0.15) is 46.0 Å². The van der Waals surface area contributed by atoms with Crippen molar-refractivity contribution in [2.45, 2.75) is 63.5 Å². The van der Waals surface area contributed by atoms with Crippen molar-refractivity contribution in [3.63, 3.8) is 0 Å². The van der Waals surface area contributed by atoms with Gasteiger partial charge in [-0.15, -0.1) is 11.6 Å². The number of piperidine rings is 2. The largest absolute Gasteiger partial charge is 0.412 e. The molecule has 0 saturated carbocycles. The average molecular weight is 484 g/mol. The summed E-state index contributed by atoms with van der Waals surface area (Å²) in [7, 11) is 0. The fourth-order valence-electron chi connectivity index (χ4n) is 5.37. The average Bonchev–Trinajstić information content (AvgIpc) is 3.33. The lowest BCUT2D eigenvalue weighted by Gasteiger charge is -2.38. The van der Waals surface area contributed by atoms with Crippen LogP contribution in [0.4, 0.5) is 0 Å². The summed E-state index contributed by atoms with van der Waals surface area (Å²) in [6, 6.07) is 0.572. The normalized spacial score (nSPS) is 29.5. The van der Waals surface area contributed by atoms with Gasteiger partial charge in [0.25, 0.3) is 0 Å². The highest BCUT2D eigenvalue weighted by molar-refractivity contribution is 6.22. The molecule has 0 aromatic rings. The maximum atomic E-state index is 6.20. The molecule has 7 N–H and O–H groups in total. The van der Waals surface area contributed by atoms with E-state index < -0.39 is 0 Å². The number of rotatable bonds is 8. The van der Waals surface area contributed by atoms with Crippen LogP contribution >= 0.6 is 11.6 Å². The van der Waals surface area contributed by atoms with Crippen LogP contribution in [0.5, 0.6) is 0 Å². The summed E-state index contributed by atoms with van der Waals surface area (Å²) in [4.78, 5) is 2.69. The van der Waals surface area contributed by atoms with Gasteiger partial charge in [-0.1, -0.05) is 38.2 Å². The summed E-state index contributed by atoms with van der Waals surface area (Å²) in [5.74, 6) is 2.11. The Morgan fingerprint density at radius 1 is 1.15 bits per heavy atom. The lowest BCUT2D eigenvalue weighted by Crippen LogP contribution is -2.54. The third-order valence-corrected chi connectivity index (χ3v) is 7.87. The molecular weight excluding hydrogens is 438 g/mol. The summed E-state index contributed by atoms with van der Waals surface area (Å²) >= 11 is 6.20. The number of allylic oxidation sites excluding steroid dienone is 4. The monoisotopic (exact) mass is 483 g/mol. The first-order valence-corrected chi connectivity index (χ1v) is 12.9. The molecule has 0 spiro atoms. The third-order valence-electron chi connectivity index (χ3n) is 7.55. The Bertz CT molecular complexity index is 655. The van der Waals surface area contributed by atoms with Gasteiger partial charge in [-0.3, -0.25) is 10.3 Å². The van der Waals surface area contributed by atoms with Crippen molar-refractivity contribution in [2.75, 3.05) is 39.3 Å². The highest BCUT2D eigenvalue weighted by Gasteiger charge is 2.28. The van der Waals surface area contributed by atoms with Crippen LogP contribution in [-0.4, -0.2) is 77.7 Å². The number of nitrogens with zero attached hydrogens (tertiary/aromatic N) is 2. The van der Waals surface area contributed by atoms with Crippen molar-refractivity contribution < 1.29 is 11.0 Å². The Balaban J connectivity index is 0.00000193. The van der Waals surface area contributed by atoms with E-state index in [0.717, 1.165) is 37.9 Å². The molecule has 4 aliphatic rings. The minimum atomic E-state index is 0. The van der Waals surface area contributed by atoms with Gasteiger partial charge in [-0.25, -0.2) is 5.43 Å². The van der Waals surface area contributed by atoms with E-state index in [-0.39, 0.29) is 16.3 Å². The second-order valence-corrected chi connectivity index (χ2v) is 10.7. The molecule has 3 unspecified atom stereocenters. The van der Waals surface area contributed by atoms with Crippen molar-refractivity contribution in [1.82, 2.24) is 26.0 Å². The quantitative estimate of drug-likeness (QED) is 0.456. The van der Waals surface area contributed by atoms with Crippen LogP contribution in [0.3, 0.4) is 0 Å². The molecule has 2 saturated heterocycles. The molecule has 33 heavy (non-hydrogen) atoms. The van der Waals surface area contributed by atoms with Crippen LogP contribution in [0, 0.1) is 17.8 Å². The standard InChI is InChI=1S/C25H42ClN5.2H2O/c1-19(2)24(27-16-20-4-9-25(28-17-20)31-13-3-12-29-31)18-30-14-10-22(11-15-30)21-5-7-23(26)8-6-21;;/h3,5-7,13,19-20,22-25,27-29H,4,8-12,14-18H2,1-2H3;2*1H2/t20?,23?,24-,25?;;/m0../s1.